The van der Waals surface area contributed by atoms with Crippen LogP contribution in [0.15, 0.2) is 73.0 Å². The summed E-state index contributed by atoms with van der Waals surface area (Å²) < 4.78 is 5.88. The Kier molecular flexibility index (Phi) is 15.5. The molecule has 190 valence electrons. The topological polar surface area (TPSA) is 68.5 Å². The fraction of sp³-hybridized carbons (Fsp3) is 0.400. The Morgan fingerprint density at radius 3 is 2.46 bits per heavy atom. The number of unbranched alkanes of at least 4 members (excludes halogenated alkanes) is 3. The van der Waals surface area contributed by atoms with Crippen molar-refractivity contribution in [1.29, 1.82) is 0 Å². The zero-order chi connectivity index (χ0) is 25.9. The molecule has 5 heteroatoms. The van der Waals surface area contributed by atoms with Crippen molar-refractivity contribution in [1.82, 2.24) is 9.88 Å². The smallest absolute Gasteiger partial charge is 0.250 e. The van der Waals surface area contributed by atoms with Crippen molar-refractivity contribution >= 4 is 5.91 Å². The SMILES string of the molecule is CC.C\C=C/C=C\C=C\CCCCCN(CC)Cc1ccc(Oc2ccc(C(N)=O)cn2)c(C)c1. The molecule has 2 rings (SSSR count). The lowest BCUT2D eigenvalue weighted by Crippen LogP contribution is -2.24. The molecular weight excluding hydrogens is 434 g/mol. The van der Waals surface area contributed by atoms with Gasteiger partial charge in [0.1, 0.15) is 5.75 Å². The zero-order valence-electron chi connectivity index (χ0n) is 22.2. The first-order valence-corrected chi connectivity index (χ1v) is 12.7. The van der Waals surface area contributed by atoms with Gasteiger partial charge in [0, 0.05) is 18.8 Å². The molecule has 0 unspecified atom stereocenters. The lowest BCUT2D eigenvalue weighted by Gasteiger charge is -2.21. The quantitative estimate of drug-likeness (QED) is 0.228. The summed E-state index contributed by atoms with van der Waals surface area (Å²) in [5.74, 6) is 0.699. The van der Waals surface area contributed by atoms with E-state index < -0.39 is 5.91 Å². The number of amides is 1. The van der Waals surface area contributed by atoms with Gasteiger partial charge in [-0.1, -0.05) is 75.8 Å². The van der Waals surface area contributed by atoms with Crippen LogP contribution < -0.4 is 10.5 Å². The maximum Gasteiger partial charge on any atom is 0.250 e. The van der Waals surface area contributed by atoms with E-state index in [1.807, 2.05) is 45.9 Å². The molecule has 0 fully saturated rings. The molecule has 0 aliphatic carbocycles. The highest BCUT2D eigenvalue weighted by molar-refractivity contribution is 5.92. The maximum atomic E-state index is 11.2. The monoisotopic (exact) mass is 477 g/mol. The predicted octanol–water partition coefficient (Wildman–Crippen LogP) is 7.38. The van der Waals surface area contributed by atoms with Crippen molar-refractivity contribution in [3.8, 4) is 11.6 Å². The lowest BCUT2D eigenvalue weighted by molar-refractivity contribution is 0.1000. The highest BCUT2D eigenvalue weighted by Gasteiger charge is 2.08. The van der Waals surface area contributed by atoms with Gasteiger partial charge < -0.3 is 10.5 Å². The Morgan fingerprint density at radius 1 is 1.06 bits per heavy atom. The van der Waals surface area contributed by atoms with E-state index in [0.717, 1.165) is 37.4 Å². The molecule has 5 nitrogen and oxygen atoms in total. The van der Waals surface area contributed by atoms with Crippen molar-refractivity contribution < 1.29 is 9.53 Å². The third kappa shape index (κ3) is 12.2. The molecule has 0 saturated heterocycles. The van der Waals surface area contributed by atoms with Crippen molar-refractivity contribution in [2.75, 3.05) is 13.1 Å². The second-order valence-electron chi connectivity index (χ2n) is 8.01. The van der Waals surface area contributed by atoms with Gasteiger partial charge in [-0.25, -0.2) is 4.98 Å². The largest absolute Gasteiger partial charge is 0.439 e. The second kappa shape index (κ2) is 18.2. The van der Waals surface area contributed by atoms with Crippen LogP contribution in [-0.4, -0.2) is 28.9 Å². The number of carbonyl (C=O) groups is 1. The maximum absolute atomic E-state index is 11.2. The second-order valence-corrected chi connectivity index (χ2v) is 8.01. The van der Waals surface area contributed by atoms with Gasteiger partial charge in [-0.3, -0.25) is 9.69 Å². The van der Waals surface area contributed by atoms with E-state index in [1.54, 1.807) is 12.1 Å². The van der Waals surface area contributed by atoms with E-state index in [2.05, 4.69) is 53.2 Å². The molecule has 2 N–H and O–H groups in total. The third-order valence-electron chi connectivity index (χ3n) is 5.34. The molecule has 0 bridgehead atoms. The van der Waals surface area contributed by atoms with E-state index in [9.17, 15) is 4.79 Å². The molecule has 0 aliphatic heterocycles. The molecular formula is C30H43N3O2. The average Bonchev–Trinajstić information content (AvgIpc) is 2.87. The fourth-order valence-electron chi connectivity index (χ4n) is 3.42. The van der Waals surface area contributed by atoms with Gasteiger partial charge in [-0.15, -0.1) is 0 Å². The van der Waals surface area contributed by atoms with E-state index in [-0.39, 0.29) is 0 Å². The van der Waals surface area contributed by atoms with Crippen molar-refractivity contribution in [2.24, 2.45) is 5.73 Å². The van der Waals surface area contributed by atoms with E-state index >= 15 is 0 Å². The molecule has 1 heterocycles. The normalized spacial score (nSPS) is 11.4. The average molecular weight is 478 g/mol. The molecule has 0 atom stereocenters. The molecule has 0 aliphatic rings. The van der Waals surface area contributed by atoms with Crippen molar-refractivity contribution in [3.05, 3.63) is 89.7 Å². The minimum absolute atomic E-state index is 0.364. The standard InChI is InChI=1S/C28H37N3O2.C2H6/c1-4-6-7-8-9-10-11-12-13-14-19-31(5-2)22-24-15-17-26(23(3)20-24)33-27-18-16-25(21-30-27)28(29)32;1-2/h4,6-10,15-18,20-21H,5,11-14,19,22H2,1-3H3,(H2,29,32);1-2H3/b6-4-,8-7-,10-9+;. The number of rotatable bonds is 14. The molecule has 1 amide bonds. The summed E-state index contributed by atoms with van der Waals surface area (Å²) in [5, 5.41) is 0. The summed E-state index contributed by atoms with van der Waals surface area (Å²) in [6, 6.07) is 9.53. The molecule has 35 heavy (non-hydrogen) atoms. The molecule has 0 radical (unpaired) electrons. The highest BCUT2D eigenvalue weighted by atomic mass is 16.5. The molecule has 0 spiro atoms. The van der Waals surface area contributed by atoms with Crippen molar-refractivity contribution in [3.63, 3.8) is 0 Å². The first kappa shape index (κ1) is 29.9. The van der Waals surface area contributed by atoms with Crippen molar-refractivity contribution in [2.45, 2.75) is 66.8 Å². The van der Waals surface area contributed by atoms with E-state index in [0.29, 0.717) is 11.4 Å². The number of nitrogens with two attached hydrogens (primary N) is 1. The van der Waals surface area contributed by atoms with Gasteiger partial charge in [-0.2, -0.15) is 0 Å². The summed E-state index contributed by atoms with van der Waals surface area (Å²) in [6.45, 7) is 13.3. The number of aryl methyl sites for hydroxylation is 1. The van der Waals surface area contributed by atoms with Gasteiger partial charge >= 0.3 is 0 Å². The number of hydrogen-bond acceptors (Lipinski definition) is 4. The Morgan fingerprint density at radius 2 is 1.83 bits per heavy atom. The Hall–Kier alpha value is -3.18. The van der Waals surface area contributed by atoms with E-state index in [1.165, 1.54) is 31.0 Å². The third-order valence-corrected chi connectivity index (χ3v) is 5.34. The minimum Gasteiger partial charge on any atom is -0.439 e. The Balaban J connectivity index is 0.00000298. The number of aromatic nitrogens is 1. The summed E-state index contributed by atoms with van der Waals surface area (Å²) >= 11 is 0. The summed E-state index contributed by atoms with van der Waals surface area (Å²) in [6.07, 6.45) is 18.8. The van der Waals surface area contributed by atoms with E-state index in [4.69, 9.17) is 10.5 Å². The minimum atomic E-state index is -0.500. The number of carbonyl (C=O) groups excluding carboxylic acids is 1. The predicted molar refractivity (Wildman–Crippen MR) is 148 cm³/mol. The van der Waals surface area contributed by atoms with Crippen LogP contribution >= 0.6 is 0 Å². The Bertz CT molecular complexity index is 947. The van der Waals surface area contributed by atoms with Gasteiger partial charge in [0.2, 0.25) is 11.8 Å². The van der Waals surface area contributed by atoms with Crippen LogP contribution in [0.2, 0.25) is 0 Å². The van der Waals surface area contributed by atoms with Crippen LogP contribution in [0.4, 0.5) is 0 Å². The molecule has 2 aromatic rings. The summed E-state index contributed by atoms with van der Waals surface area (Å²) in [4.78, 5) is 17.8. The number of nitrogens with zero attached hydrogens (tertiary/aromatic N) is 2. The first-order valence-electron chi connectivity index (χ1n) is 12.7. The van der Waals surface area contributed by atoms with Gasteiger partial charge in [0.05, 0.1) is 5.56 Å². The molecule has 1 aromatic carbocycles. The van der Waals surface area contributed by atoms with Crippen LogP contribution in [-0.2, 0) is 6.54 Å². The zero-order valence-corrected chi connectivity index (χ0v) is 22.2. The summed E-state index contributed by atoms with van der Waals surface area (Å²) in [5.41, 5.74) is 7.95. The number of benzene rings is 1. The molecule has 1 aromatic heterocycles. The van der Waals surface area contributed by atoms with Gasteiger partial charge in [0.25, 0.3) is 0 Å². The first-order chi connectivity index (χ1) is 17.0. The van der Waals surface area contributed by atoms with Gasteiger partial charge in [-0.05, 0) is 69.5 Å². The highest BCUT2D eigenvalue weighted by Crippen LogP contribution is 2.25. The number of hydrogen-bond donors (Lipinski definition) is 1. The fourth-order valence-corrected chi connectivity index (χ4v) is 3.42. The number of primary amides is 1. The van der Waals surface area contributed by atoms with Crippen LogP contribution in [0.3, 0.4) is 0 Å². The van der Waals surface area contributed by atoms with Crippen LogP contribution in [0.25, 0.3) is 0 Å². The number of pyridine rings is 1. The van der Waals surface area contributed by atoms with Gasteiger partial charge in [0.15, 0.2) is 0 Å². The molecule has 0 saturated carbocycles. The van der Waals surface area contributed by atoms with Crippen LogP contribution in [0, 0.1) is 6.92 Å². The summed E-state index contributed by atoms with van der Waals surface area (Å²) in [7, 11) is 0. The lowest BCUT2D eigenvalue weighted by atomic mass is 10.1. The Labute approximate surface area is 212 Å². The van der Waals surface area contributed by atoms with Crippen LogP contribution in [0.1, 0.15) is 74.9 Å². The number of ether oxygens (including phenoxy) is 1. The van der Waals surface area contributed by atoms with Crippen LogP contribution in [0.5, 0.6) is 11.6 Å². The number of allylic oxidation sites excluding steroid dienone is 6.